The third kappa shape index (κ3) is 3.75. The molecule has 1 unspecified atom stereocenters. The Morgan fingerprint density at radius 1 is 1.50 bits per heavy atom. The predicted molar refractivity (Wildman–Crippen MR) is 78.3 cm³/mol. The van der Waals surface area contributed by atoms with E-state index in [0.29, 0.717) is 12.5 Å². The van der Waals surface area contributed by atoms with Crippen LogP contribution in [0.25, 0.3) is 0 Å². The van der Waals surface area contributed by atoms with Crippen LogP contribution in [-0.2, 0) is 4.79 Å². The van der Waals surface area contributed by atoms with Crippen molar-refractivity contribution >= 4 is 23.4 Å². The molecule has 0 saturated carbocycles. The van der Waals surface area contributed by atoms with Gasteiger partial charge >= 0.3 is 0 Å². The van der Waals surface area contributed by atoms with Gasteiger partial charge < -0.3 is 10.6 Å². The van der Waals surface area contributed by atoms with Crippen molar-refractivity contribution in [3.63, 3.8) is 0 Å². The molecule has 1 aliphatic heterocycles. The van der Waals surface area contributed by atoms with Gasteiger partial charge in [-0.2, -0.15) is 11.8 Å². The van der Waals surface area contributed by atoms with Crippen molar-refractivity contribution in [3.8, 4) is 0 Å². The van der Waals surface area contributed by atoms with Crippen LogP contribution >= 0.6 is 11.8 Å². The van der Waals surface area contributed by atoms with Crippen molar-refractivity contribution in [2.75, 3.05) is 23.4 Å². The average molecular weight is 264 g/mol. The number of hydrogen-bond acceptors (Lipinski definition) is 3. The van der Waals surface area contributed by atoms with Crippen molar-refractivity contribution in [1.82, 2.24) is 5.32 Å². The second-order valence-corrected chi connectivity index (χ2v) is 5.95. The second kappa shape index (κ2) is 6.25. The lowest BCUT2D eigenvalue weighted by Gasteiger charge is -2.22. The molecule has 1 amide bonds. The number of amides is 1. The van der Waals surface area contributed by atoms with Gasteiger partial charge in [-0.15, -0.1) is 0 Å². The monoisotopic (exact) mass is 264 g/mol. The van der Waals surface area contributed by atoms with Crippen LogP contribution in [0.4, 0.5) is 5.69 Å². The summed E-state index contributed by atoms with van der Waals surface area (Å²) in [5, 5.41) is 6.37. The Morgan fingerprint density at radius 2 is 2.33 bits per heavy atom. The van der Waals surface area contributed by atoms with Crippen molar-refractivity contribution < 1.29 is 4.79 Å². The zero-order valence-corrected chi connectivity index (χ0v) is 11.8. The summed E-state index contributed by atoms with van der Waals surface area (Å²) in [6, 6.07) is 6.40. The zero-order valence-electron chi connectivity index (χ0n) is 11.0. The Kier molecular flexibility index (Phi) is 4.66. The lowest BCUT2D eigenvalue weighted by molar-refractivity contribution is -0.116. The van der Waals surface area contributed by atoms with E-state index >= 15 is 0 Å². The second-order valence-electron chi connectivity index (χ2n) is 4.80. The van der Waals surface area contributed by atoms with Crippen LogP contribution < -0.4 is 10.6 Å². The molecule has 1 heterocycles. The molecule has 1 saturated heterocycles. The van der Waals surface area contributed by atoms with E-state index in [1.165, 1.54) is 5.56 Å². The van der Waals surface area contributed by atoms with Crippen LogP contribution in [0.2, 0.25) is 0 Å². The Balaban J connectivity index is 1.90. The fraction of sp³-hybridized carbons (Fsp3) is 0.500. The first-order valence-electron chi connectivity index (χ1n) is 6.33. The molecular formula is C14H20N2OS. The number of carbonyl (C=O) groups excluding carboxylic acids is 1. The molecule has 0 spiro atoms. The molecule has 2 rings (SSSR count). The van der Waals surface area contributed by atoms with E-state index in [4.69, 9.17) is 0 Å². The van der Waals surface area contributed by atoms with E-state index in [-0.39, 0.29) is 5.91 Å². The van der Waals surface area contributed by atoms with Gasteiger partial charge in [-0.05, 0) is 25.5 Å². The Hall–Kier alpha value is -1.00. The van der Waals surface area contributed by atoms with E-state index in [2.05, 4.69) is 23.6 Å². The predicted octanol–water partition coefficient (Wildman–Crippen LogP) is 2.34. The summed E-state index contributed by atoms with van der Waals surface area (Å²) in [7, 11) is 0. The molecule has 0 bridgehead atoms. The third-order valence-corrected chi connectivity index (χ3v) is 4.22. The fourth-order valence-corrected chi connectivity index (χ4v) is 3.08. The van der Waals surface area contributed by atoms with Crippen LogP contribution in [-0.4, -0.2) is 30.0 Å². The molecule has 3 nitrogen and oxygen atoms in total. The number of aryl methyl sites for hydroxylation is 2. The van der Waals surface area contributed by atoms with E-state index in [1.54, 1.807) is 0 Å². The molecule has 2 N–H and O–H groups in total. The lowest BCUT2D eigenvalue weighted by Crippen LogP contribution is -2.39. The first-order valence-corrected chi connectivity index (χ1v) is 7.49. The lowest BCUT2D eigenvalue weighted by atomic mass is 10.1. The summed E-state index contributed by atoms with van der Waals surface area (Å²) < 4.78 is 0. The standard InChI is InChI=1S/C14H20N2OS/c1-10-3-4-13(11(2)7-10)16-14(17)8-12-9-18-6-5-15-12/h3-4,7,12,15H,5-6,8-9H2,1-2H3,(H,16,17). The largest absolute Gasteiger partial charge is 0.326 e. The number of rotatable bonds is 3. The molecule has 1 aromatic rings. The molecule has 4 heteroatoms. The number of carbonyl (C=O) groups is 1. The summed E-state index contributed by atoms with van der Waals surface area (Å²) in [5.41, 5.74) is 3.26. The topological polar surface area (TPSA) is 41.1 Å². The molecule has 1 atom stereocenters. The molecule has 0 aliphatic carbocycles. The molecule has 0 aromatic heterocycles. The van der Waals surface area contributed by atoms with Crippen molar-refractivity contribution in [3.05, 3.63) is 29.3 Å². The van der Waals surface area contributed by atoms with Gasteiger partial charge in [-0.25, -0.2) is 0 Å². The first-order chi connectivity index (χ1) is 8.65. The third-order valence-electron chi connectivity index (χ3n) is 3.09. The molecule has 18 heavy (non-hydrogen) atoms. The van der Waals surface area contributed by atoms with Gasteiger partial charge in [-0.3, -0.25) is 4.79 Å². The van der Waals surface area contributed by atoms with Gasteiger partial charge in [0.2, 0.25) is 5.91 Å². The maximum absolute atomic E-state index is 12.0. The Labute approximate surface area is 113 Å². The highest BCUT2D eigenvalue weighted by Crippen LogP contribution is 2.17. The van der Waals surface area contributed by atoms with Crippen molar-refractivity contribution in [1.29, 1.82) is 0 Å². The van der Waals surface area contributed by atoms with E-state index in [0.717, 1.165) is 29.3 Å². The Morgan fingerprint density at radius 3 is 3.00 bits per heavy atom. The maximum Gasteiger partial charge on any atom is 0.225 e. The SMILES string of the molecule is Cc1ccc(NC(=O)CC2CSCCN2)c(C)c1. The van der Waals surface area contributed by atoms with Gasteiger partial charge in [0.05, 0.1) is 0 Å². The number of anilines is 1. The van der Waals surface area contributed by atoms with E-state index < -0.39 is 0 Å². The van der Waals surface area contributed by atoms with Gasteiger partial charge in [0.25, 0.3) is 0 Å². The normalized spacial score (nSPS) is 19.6. The van der Waals surface area contributed by atoms with Gasteiger partial charge in [-0.1, -0.05) is 17.7 Å². The summed E-state index contributed by atoms with van der Waals surface area (Å²) >= 11 is 1.91. The number of benzene rings is 1. The first kappa shape index (κ1) is 13.4. The number of nitrogens with one attached hydrogen (secondary N) is 2. The van der Waals surface area contributed by atoms with Gasteiger partial charge in [0, 0.05) is 36.2 Å². The zero-order chi connectivity index (χ0) is 13.0. The van der Waals surface area contributed by atoms with E-state index in [9.17, 15) is 4.79 Å². The highest BCUT2D eigenvalue weighted by molar-refractivity contribution is 7.99. The van der Waals surface area contributed by atoms with Crippen LogP contribution in [0, 0.1) is 13.8 Å². The minimum Gasteiger partial charge on any atom is -0.326 e. The maximum atomic E-state index is 12.0. The Bertz CT molecular complexity index is 428. The quantitative estimate of drug-likeness (QED) is 0.880. The molecular weight excluding hydrogens is 244 g/mol. The highest BCUT2D eigenvalue weighted by atomic mass is 32.2. The summed E-state index contributed by atoms with van der Waals surface area (Å²) in [4.78, 5) is 12.0. The average Bonchev–Trinajstić information content (AvgIpc) is 2.34. The summed E-state index contributed by atoms with van der Waals surface area (Å²) in [6.45, 7) is 5.09. The highest BCUT2D eigenvalue weighted by Gasteiger charge is 2.16. The van der Waals surface area contributed by atoms with Crippen molar-refractivity contribution in [2.45, 2.75) is 26.3 Å². The molecule has 1 aromatic carbocycles. The minimum atomic E-state index is 0.0990. The van der Waals surface area contributed by atoms with Gasteiger partial charge in [0.15, 0.2) is 0 Å². The minimum absolute atomic E-state index is 0.0990. The van der Waals surface area contributed by atoms with Crippen LogP contribution in [0.5, 0.6) is 0 Å². The van der Waals surface area contributed by atoms with Crippen molar-refractivity contribution in [2.24, 2.45) is 0 Å². The van der Waals surface area contributed by atoms with Crippen LogP contribution in [0.15, 0.2) is 18.2 Å². The molecule has 1 aliphatic rings. The summed E-state index contributed by atoms with van der Waals surface area (Å²) in [6.07, 6.45) is 0.556. The van der Waals surface area contributed by atoms with Crippen LogP contribution in [0.1, 0.15) is 17.5 Å². The number of thioether (sulfide) groups is 1. The smallest absolute Gasteiger partial charge is 0.225 e. The van der Waals surface area contributed by atoms with E-state index in [1.807, 2.05) is 30.8 Å². The fourth-order valence-electron chi connectivity index (χ4n) is 2.13. The van der Waals surface area contributed by atoms with Crippen LogP contribution in [0.3, 0.4) is 0 Å². The summed E-state index contributed by atoms with van der Waals surface area (Å²) in [5.74, 6) is 2.28. The molecule has 0 radical (unpaired) electrons. The van der Waals surface area contributed by atoms with Gasteiger partial charge in [0.1, 0.15) is 0 Å². The molecule has 1 fully saturated rings. The number of hydrogen-bond donors (Lipinski definition) is 2. The molecule has 98 valence electrons.